The lowest BCUT2D eigenvalue weighted by Crippen LogP contribution is -2.47. The second-order valence-electron chi connectivity index (χ2n) is 7.98. The van der Waals surface area contributed by atoms with Crippen LogP contribution in [0.5, 0.6) is 0 Å². The van der Waals surface area contributed by atoms with Gasteiger partial charge < -0.3 is 9.15 Å². The van der Waals surface area contributed by atoms with Gasteiger partial charge in [-0.3, -0.25) is 4.79 Å². The number of para-hydroxylation sites is 1. The highest BCUT2D eigenvalue weighted by Crippen LogP contribution is 2.34. The third kappa shape index (κ3) is 3.17. The molecule has 0 spiro atoms. The van der Waals surface area contributed by atoms with Crippen molar-refractivity contribution in [1.82, 2.24) is 0 Å². The van der Waals surface area contributed by atoms with E-state index < -0.39 is 0 Å². The summed E-state index contributed by atoms with van der Waals surface area (Å²) >= 11 is 0. The Morgan fingerprint density at radius 1 is 1.00 bits per heavy atom. The summed E-state index contributed by atoms with van der Waals surface area (Å²) in [5, 5.41) is 2.12. The van der Waals surface area contributed by atoms with Crippen molar-refractivity contribution in [2.24, 2.45) is 5.41 Å². The first kappa shape index (κ1) is 17.6. The highest BCUT2D eigenvalue weighted by molar-refractivity contribution is 7.98. The molecule has 136 valence electrons. The molecule has 1 fully saturated rings. The van der Waals surface area contributed by atoms with Crippen molar-refractivity contribution in [2.45, 2.75) is 26.0 Å². The van der Waals surface area contributed by atoms with E-state index in [1.807, 2.05) is 36.4 Å². The summed E-state index contributed by atoms with van der Waals surface area (Å²) in [6, 6.07) is 13.9. The van der Waals surface area contributed by atoms with E-state index in [0.717, 1.165) is 52.2 Å². The molecule has 2 aromatic carbocycles. The zero-order chi connectivity index (χ0) is 18.3. The van der Waals surface area contributed by atoms with Crippen LogP contribution >= 0.6 is 0 Å². The number of hydrogen-bond acceptors (Lipinski definition) is 3. The minimum Gasteiger partial charge on any atom is -0.456 e. The third-order valence-corrected chi connectivity index (χ3v) is 7.97. The molecule has 1 aliphatic heterocycles. The van der Waals surface area contributed by atoms with Crippen molar-refractivity contribution in [3.05, 3.63) is 48.0 Å². The minimum absolute atomic E-state index is 0.0296. The molecule has 1 aliphatic rings. The van der Waals surface area contributed by atoms with Gasteiger partial charge in [0.1, 0.15) is 22.7 Å². The number of carbonyl (C=O) groups excluding carboxylic acids is 1. The van der Waals surface area contributed by atoms with Crippen LogP contribution in [-0.2, 0) is 15.6 Å². The quantitative estimate of drug-likeness (QED) is 0.490. The smallest absolute Gasteiger partial charge is 0.215 e. The Kier molecular flexibility index (Phi) is 4.57. The van der Waals surface area contributed by atoms with E-state index in [0.29, 0.717) is 0 Å². The highest BCUT2D eigenvalue weighted by atomic mass is 32.2. The molecule has 1 unspecified atom stereocenters. The largest absolute Gasteiger partial charge is 0.456 e. The van der Waals surface area contributed by atoms with Crippen molar-refractivity contribution in [3.63, 3.8) is 0 Å². The van der Waals surface area contributed by atoms with Crippen molar-refractivity contribution < 1.29 is 13.9 Å². The maximum absolute atomic E-state index is 13.5. The summed E-state index contributed by atoms with van der Waals surface area (Å²) in [6.45, 7) is 8.10. The standard InChI is InChI=1S/C22H25O3S/c1-22(2,3)21(26-12-10-24-11-13-26)20(23)15-8-9-19-17(14-15)16-6-4-5-7-18(16)25-19/h4-9,14,21H,10-13H2,1-3H3/q+1. The van der Waals surface area contributed by atoms with Gasteiger partial charge in [-0.1, -0.05) is 39.0 Å². The number of fused-ring (bicyclic) bond motifs is 3. The molecule has 1 saturated heterocycles. The molecule has 0 amide bonds. The first-order valence-corrected chi connectivity index (χ1v) is 10.8. The SMILES string of the molecule is CC(C)(C)C(C(=O)c1ccc2oc3ccccc3c2c1)[S+]1CCOCC1. The van der Waals surface area contributed by atoms with E-state index in [9.17, 15) is 4.79 Å². The molecule has 0 N–H and O–H groups in total. The normalized spacial score (nSPS) is 17.7. The topological polar surface area (TPSA) is 39.4 Å². The van der Waals surface area contributed by atoms with Gasteiger partial charge in [-0.05, 0) is 24.3 Å². The number of ketones is 1. The van der Waals surface area contributed by atoms with Gasteiger partial charge in [0.15, 0.2) is 5.25 Å². The minimum atomic E-state index is -0.0645. The van der Waals surface area contributed by atoms with Crippen LogP contribution in [0.1, 0.15) is 31.1 Å². The van der Waals surface area contributed by atoms with Gasteiger partial charge in [-0.15, -0.1) is 0 Å². The first-order valence-electron chi connectivity index (χ1n) is 9.15. The maximum atomic E-state index is 13.5. The lowest BCUT2D eigenvalue weighted by atomic mass is 9.87. The number of ether oxygens (including phenoxy) is 1. The second-order valence-corrected chi connectivity index (χ2v) is 10.3. The Morgan fingerprint density at radius 3 is 2.42 bits per heavy atom. The second kappa shape index (κ2) is 6.75. The predicted octanol–water partition coefficient (Wildman–Crippen LogP) is 4.83. The van der Waals surface area contributed by atoms with Gasteiger partial charge in [0.2, 0.25) is 5.78 Å². The van der Waals surface area contributed by atoms with Crippen molar-refractivity contribution in [3.8, 4) is 0 Å². The fourth-order valence-electron chi connectivity index (χ4n) is 3.85. The molecule has 3 nitrogen and oxygen atoms in total. The fraction of sp³-hybridized carbons (Fsp3) is 0.409. The number of benzene rings is 2. The van der Waals surface area contributed by atoms with Crippen molar-refractivity contribution >= 4 is 38.6 Å². The molecule has 1 aromatic heterocycles. The zero-order valence-corrected chi connectivity index (χ0v) is 16.4. The Morgan fingerprint density at radius 2 is 1.69 bits per heavy atom. The van der Waals surface area contributed by atoms with E-state index in [1.165, 1.54) is 0 Å². The van der Waals surface area contributed by atoms with E-state index in [4.69, 9.17) is 9.15 Å². The molecular formula is C22H25O3S+. The third-order valence-electron chi connectivity index (χ3n) is 5.00. The fourth-order valence-corrected chi connectivity index (χ4v) is 6.63. The van der Waals surface area contributed by atoms with Crippen LogP contribution in [-0.4, -0.2) is 35.8 Å². The molecular weight excluding hydrogens is 344 g/mol. The van der Waals surface area contributed by atoms with Crippen LogP contribution in [0.25, 0.3) is 21.9 Å². The molecule has 26 heavy (non-hydrogen) atoms. The number of furan rings is 1. The first-order chi connectivity index (χ1) is 12.4. The van der Waals surface area contributed by atoms with Crippen LogP contribution in [0.2, 0.25) is 0 Å². The Balaban J connectivity index is 1.76. The molecule has 3 aromatic rings. The van der Waals surface area contributed by atoms with Crippen LogP contribution in [0.4, 0.5) is 0 Å². The maximum Gasteiger partial charge on any atom is 0.215 e. The van der Waals surface area contributed by atoms with Gasteiger partial charge in [-0.25, -0.2) is 0 Å². The van der Waals surface area contributed by atoms with Crippen LogP contribution in [0.3, 0.4) is 0 Å². The van der Waals surface area contributed by atoms with Crippen molar-refractivity contribution in [2.75, 3.05) is 24.7 Å². The Labute approximate surface area is 157 Å². The van der Waals surface area contributed by atoms with Crippen LogP contribution in [0.15, 0.2) is 46.9 Å². The van der Waals surface area contributed by atoms with E-state index in [-0.39, 0.29) is 27.3 Å². The van der Waals surface area contributed by atoms with E-state index in [2.05, 4.69) is 26.8 Å². The Hall–Kier alpha value is -1.78. The molecule has 0 bridgehead atoms. The van der Waals surface area contributed by atoms with E-state index >= 15 is 0 Å². The molecule has 0 radical (unpaired) electrons. The lowest BCUT2D eigenvalue weighted by Gasteiger charge is -2.31. The highest BCUT2D eigenvalue weighted by Gasteiger charge is 2.46. The van der Waals surface area contributed by atoms with Crippen molar-refractivity contribution in [1.29, 1.82) is 0 Å². The Bertz CT molecular complexity index is 945. The summed E-state index contributed by atoms with van der Waals surface area (Å²) in [5.41, 5.74) is 2.43. The number of rotatable bonds is 3. The molecule has 4 rings (SSSR count). The monoisotopic (exact) mass is 369 g/mol. The van der Waals surface area contributed by atoms with Gasteiger partial charge in [0, 0.05) is 32.6 Å². The average Bonchev–Trinajstić information content (AvgIpc) is 2.99. The predicted molar refractivity (Wildman–Crippen MR) is 109 cm³/mol. The average molecular weight is 370 g/mol. The summed E-state index contributed by atoms with van der Waals surface area (Å²) in [7, 11) is 0.0683. The van der Waals surface area contributed by atoms with Crippen LogP contribution in [0, 0.1) is 5.41 Å². The molecule has 1 atom stereocenters. The summed E-state index contributed by atoms with van der Waals surface area (Å²) in [5.74, 6) is 2.24. The van der Waals surface area contributed by atoms with E-state index in [1.54, 1.807) is 0 Å². The van der Waals surface area contributed by atoms with Crippen LogP contribution < -0.4 is 0 Å². The molecule has 0 saturated carbocycles. The summed E-state index contributed by atoms with van der Waals surface area (Å²) in [4.78, 5) is 13.5. The summed E-state index contributed by atoms with van der Waals surface area (Å²) < 4.78 is 11.4. The number of hydrogen-bond donors (Lipinski definition) is 0. The zero-order valence-electron chi connectivity index (χ0n) is 15.6. The molecule has 2 heterocycles. The van der Waals surface area contributed by atoms with Gasteiger partial charge in [-0.2, -0.15) is 0 Å². The van der Waals surface area contributed by atoms with Gasteiger partial charge in [0.25, 0.3) is 0 Å². The molecule has 4 heteroatoms. The molecule has 0 aliphatic carbocycles. The lowest BCUT2D eigenvalue weighted by molar-refractivity contribution is 0.0946. The van der Waals surface area contributed by atoms with Gasteiger partial charge in [0.05, 0.1) is 13.2 Å². The number of Topliss-reactive ketones (excluding diaryl/α,β-unsaturated/α-hetero) is 1. The summed E-state index contributed by atoms with van der Waals surface area (Å²) in [6.07, 6.45) is 0. The number of carbonyl (C=O) groups is 1. The van der Waals surface area contributed by atoms with Gasteiger partial charge >= 0.3 is 0 Å².